The van der Waals surface area contributed by atoms with Crippen LogP contribution in [0.15, 0.2) is 18.2 Å². The Kier molecular flexibility index (Phi) is 4.89. The molecule has 0 spiro atoms. The van der Waals surface area contributed by atoms with Crippen LogP contribution < -0.4 is 10.2 Å². The van der Waals surface area contributed by atoms with Crippen molar-refractivity contribution < 1.29 is 9.59 Å². The molecule has 0 fully saturated rings. The number of carbonyl (C=O) groups is 2. The van der Waals surface area contributed by atoms with Crippen LogP contribution in [0.4, 0.5) is 5.69 Å². The number of hydrogen-bond donors (Lipinski definition) is 1. The number of anilines is 1. The Balaban J connectivity index is 2.81. The van der Waals surface area contributed by atoms with Crippen molar-refractivity contribution in [3.05, 3.63) is 29.3 Å². The summed E-state index contributed by atoms with van der Waals surface area (Å²) in [5.41, 5.74) is 2.74. The molecule has 1 unspecified atom stereocenters. The van der Waals surface area contributed by atoms with Gasteiger partial charge in [0, 0.05) is 31.9 Å². The molecule has 4 nitrogen and oxygen atoms in total. The predicted octanol–water partition coefficient (Wildman–Crippen LogP) is 1.63. The Morgan fingerprint density at radius 3 is 2.67 bits per heavy atom. The molecule has 1 rings (SSSR count). The third-order valence-corrected chi connectivity index (χ3v) is 3.01. The molecule has 0 saturated carbocycles. The van der Waals surface area contributed by atoms with Crippen molar-refractivity contribution >= 4 is 17.9 Å². The second-order valence-corrected chi connectivity index (χ2v) is 4.56. The average Bonchev–Trinajstić information content (AvgIpc) is 2.37. The fraction of sp³-hybridized carbons (Fsp3) is 0.429. The zero-order valence-corrected chi connectivity index (χ0v) is 11.4. The maximum atomic E-state index is 11.5. The third-order valence-electron chi connectivity index (χ3n) is 3.01. The summed E-state index contributed by atoms with van der Waals surface area (Å²) in [7, 11) is 3.59. The molecular formula is C14H20N2O2. The normalized spacial score (nSPS) is 11.8. The van der Waals surface area contributed by atoms with Gasteiger partial charge in [-0.3, -0.25) is 9.59 Å². The van der Waals surface area contributed by atoms with Crippen LogP contribution in [-0.2, 0) is 4.79 Å². The van der Waals surface area contributed by atoms with Crippen LogP contribution in [0.2, 0.25) is 0 Å². The Morgan fingerprint density at radius 2 is 2.17 bits per heavy atom. The number of carbonyl (C=O) groups excluding carboxylic acids is 2. The number of aldehydes is 1. The first-order chi connectivity index (χ1) is 8.49. The fourth-order valence-electron chi connectivity index (χ4n) is 2.02. The number of aryl methyl sites for hydroxylation is 1. The molecule has 1 atom stereocenters. The van der Waals surface area contributed by atoms with Gasteiger partial charge < -0.3 is 10.2 Å². The van der Waals surface area contributed by atoms with E-state index in [4.69, 9.17) is 0 Å². The minimum atomic E-state index is -0.0786. The van der Waals surface area contributed by atoms with Crippen molar-refractivity contribution in [2.75, 3.05) is 25.5 Å². The van der Waals surface area contributed by atoms with Crippen LogP contribution in [0.5, 0.6) is 0 Å². The summed E-state index contributed by atoms with van der Waals surface area (Å²) in [5, 5.41) is 2.64. The van der Waals surface area contributed by atoms with Crippen LogP contribution in [0, 0.1) is 12.8 Å². The van der Waals surface area contributed by atoms with Crippen molar-refractivity contribution in [3.8, 4) is 0 Å². The molecule has 0 aliphatic rings. The fourth-order valence-corrected chi connectivity index (χ4v) is 2.02. The van der Waals surface area contributed by atoms with Crippen molar-refractivity contribution in [1.29, 1.82) is 0 Å². The molecular weight excluding hydrogens is 228 g/mol. The second kappa shape index (κ2) is 6.19. The van der Waals surface area contributed by atoms with E-state index in [1.165, 1.54) is 0 Å². The lowest BCUT2D eigenvalue weighted by Crippen LogP contribution is -2.34. The smallest absolute Gasteiger partial charge is 0.224 e. The van der Waals surface area contributed by atoms with Crippen LogP contribution in [-0.4, -0.2) is 32.8 Å². The van der Waals surface area contributed by atoms with E-state index in [9.17, 15) is 9.59 Å². The van der Waals surface area contributed by atoms with Crippen LogP contribution in [0.3, 0.4) is 0 Å². The Morgan fingerprint density at radius 1 is 1.50 bits per heavy atom. The highest BCUT2D eigenvalue weighted by Crippen LogP contribution is 2.20. The molecule has 4 heteroatoms. The first-order valence-corrected chi connectivity index (χ1v) is 5.98. The summed E-state index contributed by atoms with van der Waals surface area (Å²) in [6, 6.07) is 5.55. The quantitative estimate of drug-likeness (QED) is 0.806. The highest BCUT2D eigenvalue weighted by Gasteiger charge is 2.15. The molecule has 18 heavy (non-hydrogen) atoms. The predicted molar refractivity (Wildman–Crippen MR) is 73.1 cm³/mol. The lowest BCUT2D eigenvalue weighted by Gasteiger charge is -2.24. The van der Waals surface area contributed by atoms with Crippen molar-refractivity contribution in [1.82, 2.24) is 5.32 Å². The van der Waals surface area contributed by atoms with Crippen LogP contribution in [0.1, 0.15) is 22.8 Å². The molecule has 1 amide bonds. The standard InChI is InChI=1S/C14H20N2O2/c1-10-7-12(9-17)5-6-13(10)16(4)8-11(2)14(18)15-3/h5-7,9,11H,8H2,1-4H3,(H,15,18). The van der Waals surface area contributed by atoms with Crippen molar-refractivity contribution in [3.63, 3.8) is 0 Å². The van der Waals surface area contributed by atoms with Crippen molar-refractivity contribution in [2.45, 2.75) is 13.8 Å². The summed E-state index contributed by atoms with van der Waals surface area (Å²) in [5.74, 6) is -0.0471. The molecule has 0 bridgehead atoms. The number of rotatable bonds is 5. The molecule has 0 aliphatic carbocycles. The van der Waals surface area contributed by atoms with Gasteiger partial charge in [0.25, 0.3) is 0 Å². The molecule has 0 aliphatic heterocycles. The van der Waals surface area contributed by atoms with Crippen molar-refractivity contribution in [2.24, 2.45) is 5.92 Å². The molecule has 98 valence electrons. The monoisotopic (exact) mass is 248 g/mol. The Bertz CT molecular complexity index is 443. The highest BCUT2D eigenvalue weighted by molar-refractivity contribution is 5.79. The van der Waals surface area contributed by atoms with Crippen LogP contribution in [0.25, 0.3) is 0 Å². The summed E-state index contributed by atoms with van der Waals surface area (Å²) in [6.45, 7) is 4.49. The number of nitrogens with zero attached hydrogens (tertiary/aromatic N) is 1. The Labute approximate surface area is 108 Å². The molecule has 0 heterocycles. The molecule has 0 radical (unpaired) electrons. The average molecular weight is 248 g/mol. The number of benzene rings is 1. The van der Waals surface area contributed by atoms with E-state index in [1.54, 1.807) is 13.1 Å². The topological polar surface area (TPSA) is 49.4 Å². The molecule has 1 aromatic rings. The van der Waals surface area contributed by atoms with E-state index in [2.05, 4.69) is 5.32 Å². The van der Waals surface area contributed by atoms with Gasteiger partial charge in [-0.2, -0.15) is 0 Å². The third kappa shape index (κ3) is 3.32. The lowest BCUT2D eigenvalue weighted by atomic mass is 10.1. The van der Waals surface area contributed by atoms with Gasteiger partial charge >= 0.3 is 0 Å². The lowest BCUT2D eigenvalue weighted by molar-refractivity contribution is -0.123. The number of hydrogen-bond acceptors (Lipinski definition) is 3. The second-order valence-electron chi connectivity index (χ2n) is 4.56. The zero-order chi connectivity index (χ0) is 13.7. The van der Waals surface area contributed by atoms with Gasteiger partial charge in [-0.25, -0.2) is 0 Å². The van der Waals surface area contributed by atoms with Gasteiger partial charge in [0.15, 0.2) is 0 Å². The molecule has 1 aromatic carbocycles. The summed E-state index contributed by atoms with van der Waals surface area (Å²) in [6.07, 6.45) is 0.837. The van der Waals surface area contributed by atoms with E-state index in [1.807, 2.05) is 37.9 Å². The first-order valence-electron chi connectivity index (χ1n) is 5.98. The summed E-state index contributed by atoms with van der Waals surface area (Å²) >= 11 is 0. The first kappa shape index (κ1) is 14.2. The summed E-state index contributed by atoms with van der Waals surface area (Å²) < 4.78 is 0. The minimum absolute atomic E-state index is 0.0315. The highest BCUT2D eigenvalue weighted by atomic mass is 16.1. The van der Waals surface area contributed by atoms with Gasteiger partial charge in [-0.15, -0.1) is 0 Å². The maximum absolute atomic E-state index is 11.5. The largest absolute Gasteiger partial charge is 0.374 e. The maximum Gasteiger partial charge on any atom is 0.224 e. The molecule has 1 N–H and O–H groups in total. The van der Waals surface area contributed by atoms with E-state index in [0.717, 1.165) is 17.5 Å². The molecule has 0 aromatic heterocycles. The van der Waals surface area contributed by atoms with Gasteiger partial charge in [-0.05, 0) is 30.7 Å². The zero-order valence-electron chi connectivity index (χ0n) is 11.4. The van der Waals surface area contributed by atoms with Gasteiger partial charge in [0.2, 0.25) is 5.91 Å². The minimum Gasteiger partial charge on any atom is -0.374 e. The van der Waals surface area contributed by atoms with Gasteiger partial charge in [-0.1, -0.05) is 6.92 Å². The Hall–Kier alpha value is -1.84. The van der Waals surface area contributed by atoms with E-state index in [-0.39, 0.29) is 11.8 Å². The summed E-state index contributed by atoms with van der Waals surface area (Å²) in [4.78, 5) is 24.2. The number of nitrogens with one attached hydrogen (secondary N) is 1. The van der Waals surface area contributed by atoms with Crippen LogP contribution >= 0.6 is 0 Å². The van der Waals surface area contributed by atoms with Gasteiger partial charge in [0.05, 0.1) is 5.92 Å². The van der Waals surface area contributed by atoms with Gasteiger partial charge in [0.1, 0.15) is 6.29 Å². The number of amides is 1. The van der Waals surface area contributed by atoms with E-state index >= 15 is 0 Å². The SMILES string of the molecule is CNC(=O)C(C)CN(C)c1ccc(C=O)cc1C. The van der Waals surface area contributed by atoms with E-state index in [0.29, 0.717) is 12.1 Å². The van der Waals surface area contributed by atoms with E-state index < -0.39 is 0 Å². The molecule has 0 saturated heterocycles.